The van der Waals surface area contributed by atoms with E-state index in [-0.39, 0.29) is 43.0 Å². The van der Waals surface area contributed by atoms with Crippen molar-refractivity contribution < 1.29 is 51.2 Å². The summed E-state index contributed by atoms with van der Waals surface area (Å²) >= 11 is 2.43. The number of hydrogen-bond donors (Lipinski definition) is 3. The first kappa shape index (κ1) is 52.9. The first-order chi connectivity index (χ1) is 35.9. The summed E-state index contributed by atoms with van der Waals surface area (Å²) in [7, 11) is -0.821. The van der Waals surface area contributed by atoms with Gasteiger partial charge in [0.1, 0.15) is 72.9 Å². The van der Waals surface area contributed by atoms with Crippen molar-refractivity contribution in [2.45, 2.75) is 55.4 Å². The van der Waals surface area contributed by atoms with Crippen LogP contribution in [0.3, 0.4) is 0 Å². The van der Waals surface area contributed by atoms with Gasteiger partial charge in [-0.1, -0.05) is 59.0 Å². The molecule has 74 heavy (non-hydrogen) atoms. The molecule has 0 aliphatic rings. The second-order valence-electron chi connectivity index (χ2n) is 16.5. The number of alkyl halides is 1. The van der Waals surface area contributed by atoms with E-state index in [0.29, 0.717) is 44.6 Å². The van der Waals surface area contributed by atoms with Crippen LogP contribution in [0.4, 0.5) is 4.39 Å². The van der Waals surface area contributed by atoms with Gasteiger partial charge in [0.25, 0.3) is 10.0 Å². The Labute approximate surface area is 434 Å². The second-order valence-corrected chi connectivity index (χ2v) is 20.5. The molecule has 0 radical (unpaired) electrons. The predicted octanol–water partition coefficient (Wildman–Crippen LogP) is 6.95. The number of esters is 1. The number of aliphatic hydroxyl groups is 1. The van der Waals surface area contributed by atoms with Gasteiger partial charge in [0.15, 0.2) is 0 Å². The molecule has 0 fully saturated rings. The van der Waals surface area contributed by atoms with Gasteiger partial charge in [-0.05, 0) is 101 Å². The van der Waals surface area contributed by atoms with E-state index in [0.717, 1.165) is 50.5 Å². The van der Waals surface area contributed by atoms with Crippen molar-refractivity contribution in [3.8, 4) is 45.3 Å². The Morgan fingerprint density at radius 1 is 0.811 bits per heavy atom. The summed E-state index contributed by atoms with van der Waals surface area (Å²) in [5.74, 6) is 2.09. The molecule has 0 spiro atoms. The molecule has 3 heterocycles. The number of ether oxygens (including phenoxy) is 5. The van der Waals surface area contributed by atoms with E-state index >= 15 is 0 Å². The highest BCUT2D eigenvalue weighted by molar-refractivity contribution is 7.98. The Hall–Kier alpha value is -7.44. The minimum absolute atomic E-state index is 0.00607. The fourth-order valence-corrected chi connectivity index (χ4v) is 10.7. The van der Waals surface area contributed by atoms with Gasteiger partial charge < -0.3 is 34.1 Å². The molecule has 0 saturated carbocycles. The van der Waals surface area contributed by atoms with Crippen molar-refractivity contribution in [3.05, 3.63) is 144 Å². The third-order valence-corrected chi connectivity index (χ3v) is 15.2. The minimum atomic E-state index is -4.04. The summed E-state index contributed by atoms with van der Waals surface area (Å²) in [5.41, 5.74) is 6.70. The first-order valence-electron chi connectivity index (χ1n) is 23.1. The van der Waals surface area contributed by atoms with Crippen molar-refractivity contribution in [3.63, 3.8) is 0 Å². The van der Waals surface area contributed by atoms with Gasteiger partial charge in [0.2, 0.25) is 10.2 Å². The number of aliphatic hydroxyl groups excluding tert-OH is 1. The molecule has 23 heteroatoms. The average Bonchev–Trinajstić information content (AvgIpc) is 4.20. The molecule has 0 aliphatic heterocycles. The maximum absolute atomic E-state index is 13.7. The molecule has 2 atom stereocenters. The number of amides is 1. The Morgan fingerprint density at radius 3 is 2.19 bits per heavy atom. The Morgan fingerprint density at radius 2 is 1.49 bits per heavy atom. The van der Waals surface area contributed by atoms with Crippen molar-refractivity contribution in [2.24, 2.45) is 0 Å². The van der Waals surface area contributed by atoms with Gasteiger partial charge in [-0.25, -0.2) is 36.7 Å². The molecule has 5 aromatic carbocycles. The van der Waals surface area contributed by atoms with Crippen molar-refractivity contribution >= 4 is 55.2 Å². The number of halogens is 1. The van der Waals surface area contributed by atoms with Crippen molar-refractivity contribution in [1.82, 2.24) is 45.0 Å². The zero-order valence-corrected chi connectivity index (χ0v) is 42.9. The third kappa shape index (κ3) is 13.8. The van der Waals surface area contributed by atoms with Crippen molar-refractivity contribution in [1.29, 1.82) is 0 Å². The van der Waals surface area contributed by atoms with Crippen LogP contribution in [-0.4, -0.2) is 106 Å². The van der Waals surface area contributed by atoms with Gasteiger partial charge >= 0.3 is 5.97 Å². The smallest absolute Gasteiger partial charge is 0.329 e. The lowest BCUT2D eigenvalue weighted by molar-refractivity contribution is -0.146. The SMILES string of the molecule is CCOC(=O)[C@@H](CSCc1cccc(OCc2cn([C@@H](CO)CF)nn2)c1)NC(=O)Cn1cc(COc2ccc3nc(S(=O)(=O)NCc4ccc(-c5ccc(OC)cc5)cc4-c4ccc(OC)cc4)sc3c2)nn1. The van der Waals surface area contributed by atoms with Crippen LogP contribution in [0.25, 0.3) is 32.5 Å². The maximum Gasteiger partial charge on any atom is 0.329 e. The number of aromatic nitrogens is 7. The second kappa shape index (κ2) is 25.0. The predicted molar refractivity (Wildman–Crippen MR) is 276 cm³/mol. The lowest BCUT2D eigenvalue weighted by Crippen LogP contribution is -2.45. The van der Waals surface area contributed by atoms with E-state index in [9.17, 15) is 27.5 Å². The summed E-state index contributed by atoms with van der Waals surface area (Å²) in [4.78, 5) is 30.5. The molecule has 0 bridgehead atoms. The molecule has 1 amide bonds. The van der Waals surface area contributed by atoms with Crippen LogP contribution >= 0.6 is 23.1 Å². The number of thiazole rings is 1. The average molecular weight is 1070 g/mol. The van der Waals surface area contributed by atoms with Crippen LogP contribution in [0.1, 0.15) is 35.5 Å². The Bertz CT molecular complexity index is 3280. The molecule has 8 rings (SSSR count). The number of carbonyl (C=O) groups excluding carboxylic acids is 2. The molecule has 386 valence electrons. The van der Waals surface area contributed by atoms with Gasteiger partial charge in [0.05, 0.1) is 50.0 Å². The van der Waals surface area contributed by atoms with Crippen LogP contribution < -0.4 is 29.0 Å². The number of nitrogens with one attached hydrogen (secondary N) is 2. The first-order valence-corrected chi connectivity index (χ1v) is 26.6. The van der Waals surface area contributed by atoms with E-state index in [1.165, 1.54) is 27.3 Å². The molecule has 0 unspecified atom stereocenters. The van der Waals surface area contributed by atoms with Crippen LogP contribution in [0.5, 0.6) is 23.0 Å². The largest absolute Gasteiger partial charge is 0.497 e. The van der Waals surface area contributed by atoms with E-state index in [1.807, 2.05) is 84.9 Å². The summed E-state index contributed by atoms with van der Waals surface area (Å²) in [6.07, 6.45) is 3.07. The summed E-state index contributed by atoms with van der Waals surface area (Å²) in [6, 6.07) is 31.9. The molecule has 0 saturated heterocycles. The number of sulfonamides is 1. The monoisotopic (exact) mass is 1070 g/mol. The summed E-state index contributed by atoms with van der Waals surface area (Å²) in [5, 5.41) is 28.1. The lowest BCUT2D eigenvalue weighted by Gasteiger charge is -2.17. The number of thioether (sulfide) groups is 1. The van der Waals surface area contributed by atoms with E-state index < -0.39 is 47.3 Å². The maximum atomic E-state index is 13.7. The number of benzene rings is 5. The van der Waals surface area contributed by atoms with E-state index in [4.69, 9.17) is 23.7 Å². The highest BCUT2D eigenvalue weighted by Gasteiger charge is 2.24. The van der Waals surface area contributed by atoms with Gasteiger partial charge in [-0.15, -0.1) is 21.5 Å². The number of carbonyl (C=O) groups is 2. The van der Waals surface area contributed by atoms with Crippen LogP contribution in [0, 0.1) is 0 Å². The van der Waals surface area contributed by atoms with E-state index in [2.05, 4.69) is 35.6 Å². The molecule has 3 N–H and O–H groups in total. The fourth-order valence-electron chi connectivity index (χ4n) is 7.43. The number of hydrogen-bond acceptors (Lipinski definition) is 17. The number of nitrogens with zero attached hydrogens (tertiary/aromatic N) is 7. The standard InChI is InChI=1S/C51H52FN9O10S3/c1-4-69-50(64)47(32-72-31-33-6-5-7-43(20-33)70-30-39-26-61(59-57-39)40(23-52)28-62)54-49(63)27-60-25-38(56-58-60)29-71-44-18-19-46-48(22-44)73-51(55-46)74(65,66)53-24-37-9-8-36(34-10-14-41(67-2)15-11-34)21-45(37)35-12-16-42(68-3)17-13-35/h5-22,25-26,40,47,53,62H,4,23-24,27-32H2,1-3H3,(H,54,63)/t40-,47-/m1/s1. The van der Waals surface area contributed by atoms with Crippen molar-refractivity contribution in [2.75, 3.05) is 39.9 Å². The molecule has 19 nitrogen and oxygen atoms in total. The molecule has 0 aliphatic carbocycles. The van der Waals surface area contributed by atoms with Crippen LogP contribution in [-0.2, 0) is 56.4 Å². The zero-order valence-electron chi connectivity index (χ0n) is 40.4. The van der Waals surface area contributed by atoms with Gasteiger partial charge in [-0.2, -0.15) is 11.8 Å². The fraction of sp³-hybridized carbons (Fsp3) is 0.275. The number of rotatable bonds is 26. The summed E-state index contributed by atoms with van der Waals surface area (Å²) < 4.78 is 74.2. The highest BCUT2D eigenvalue weighted by atomic mass is 32.2. The van der Waals surface area contributed by atoms with Crippen LogP contribution in [0.15, 0.2) is 126 Å². The molecular formula is C51H52FN9O10S3. The highest BCUT2D eigenvalue weighted by Crippen LogP contribution is 2.33. The van der Waals surface area contributed by atoms with E-state index in [1.54, 1.807) is 51.6 Å². The number of fused-ring (bicyclic) bond motifs is 1. The zero-order chi connectivity index (χ0) is 52.0. The van der Waals surface area contributed by atoms with Gasteiger partial charge in [0, 0.05) is 18.1 Å². The molecule has 3 aromatic heterocycles. The Balaban J connectivity index is 0.833. The van der Waals surface area contributed by atoms with Crippen LogP contribution in [0.2, 0.25) is 0 Å². The van der Waals surface area contributed by atoms with Gasteiger partial charge in [-0.3, -0.25) is 4.79 Å². The quantitative estimate of drug-likeness (QED) is 0.0466. The number of methoxy groups -OCH3 is 2. The minimum Gasteiger partial charge on any atom is -0.497 e. The topological polar surface area (TPSA) is 233 Å². The molecular weight excluding hydrogens is 1010 g/mol. The Kier molecular flexibility index (Phi) is 17.9. The molecule has 8 aromatic rings. The lowest BCUT2D eigenvalue weighted by atomic mass is 9.94. The summed E-state index contributed by atoms with van der Waals surface area (Å²) in [6.45, 7) is 0.484. The normalized spacial score (nSPS) is 12.3. The third-order valence-electron chi connectivity index (χ3n) is 11.3.